The van der Waals surface area contributed by atoms with E-state index in [1.165, 1.54) is 13.0 Å². The maximum atomic E-state index is 12.8. The molecule has 8 heteroatoms. The maximum absolute atomic E-state index is 12.8. The van der Waals surface area contributed by atoms with Crippen molar-refractivity contribution in [2.45, 2.75) is 26.9 Å². The summed E-state index contributed by atoms with van der Waals surface area (Å²) in [7, 11) is 0. The van der Waals surface area contributed by atoms with Crippen LogP contribution in [0.3, 0.4) is 0 Å². The van der Waals surface area contributed by atoms with Gasteiger partial charge in [-0.3, -0.25) is 9.59 Å². The Hall–Kier alpha value is -1.57. The van der Waals surface area contributed by atoms with Crippen molar-refractivity contribution < 1.29 is 26.6 Å². The van der Waals surface area contributed by atoms with Crippen LogP contribution in [-0.4, -0.2) is 11.7 Å². The van der Waals surface area contributed by atoms with E-state index in [-0.39, 0.29) is 11.3 Å². The van der Waals surface area contributed by atoms with Gasteiger partial charge in [0.1, 0.15) is 0 Å². The zero-order valence-corrected chi connectivity index (χ0v) is 11.7. The van der Waals surface area contributed by atoms with E-state index in [4.69, 9.17) is 0 Å². The van der Waals surface area contributed by atoms with Crippen molar-refractivity contribution in [3.8, 4) is 0 Å². The highest BCUT2D eigenvalue weighted by Crippen LogP contribution is 2.43. The van der Waals surface area contributed by atoms with Crippen LogP contribution in [0, 0.1) is 6.92 Å². The number of hydrogen-bond acceptors (Lipinski definition) is 3. The fraction of sp³-hybridized carbons (Fsp3) is 0.333. The zero-order chi connectivity index (χ0) is 15.7. The number of ketones is 1. The highest BCUT2D eigenvalue weighted by Gasteiger charge is 2.45. The number of aryl methyl sites for hydroxylation is 1. The summed E-state index contributed by atoms with van der Waals surface area (Å²) in [5.41, 5.74) is -2.18. The third-order valence-corrected chi connectivity index (χ3v) is 2.96. The largest absolute Gasteiger partial charge is 0.417 e. The lowest BCUT2D eigenvalue weighted by atomic mass is 10.0. The first-order chi connectivity index (χ1) is 9.27. The van der Waals surface area contributed by atoms with Gasteiger partial charge < -0.3 is 0 Å². The first-order valence-electron chi connectivity index (χ1n) is 5.66. The van der Waals surface area contributed by atoms with Gasteiger partial charge in [-0.2, -0.15) is 13.2 Å². The molecule has 0 aromatic heterocycles. The highest BCUT2D eigenvalue weighted by molar-refractivity contribution is 7.96. The second-order valence-corrected chi connectivity index (χ2v) is 4.21. The van der Waals surface area contributed by atoms with Crippen molar-refractivity contribution in [2.24, 2.45) is 0 Å². The number of carbonyl (C=O) groups is 2. The molecule has 0 unspecified atom stereocenters. The summed E-state index contributed by atoms with van der Waals surface area (Å²) in [6, 6.07) is 1.93. The van der Waals surface area contributed by atoms with Gasteiger partial charge in [-0.15, -0.1) is 3.89 Å². The van der Waals surface area contributed by atoms with Crippen molar-refractivity contribution in [1.29, 1.82) is 0 Å². The fourth-order valence-corrected chi connectivity index (χ4v) is 2.13. The van der Waals surface area contributed by atoms with E-state index in [1.807, 2.05) is 13.8 Å². The molecule has 20 heavy (non-hydrogen) atoms. The molecule has 1 aliphatic rings. The molecule has 110 valence electrons. The molecule has 0 bridgehead atoms. The molecule has 1 aromatic carbocycles. The smallest absolute Gasteiger partial charge is 0.283 e. The third-order valence-electron chi connectivity index (χ3n) is 2.46. The summed E-state index contributed by atoms with van der Waals surface area (Å²) in [5.74, 6) is -2.66. The number of alkyl halides is 3. The maximum Gasteiger partial charge on any atom is 0.417 e. The van der Waals surface area contributed by atoms with Gasteiger partial charge in [-0.05, 0) is 24.6 Å². The number of carbonyl (C=O) groups excluding carboxylic acids is 2. The van der Waals surface area contributed by atoms with Gasteiger partial charge in [0, 0.05) is 0 Å². The standard InChI is InChI=1S/C10H5F4NO2S.C2H6/c1-4-2-5(10(11,12)13)7-6(3-4)15(18-14)9(17)8(7)16;1-2/h2-3H,1H3;1-2H3. The van der Waals surface area contributed by atoms with Crippen LogP contribution >= 0.6 is 12.3 Å². The average Bonchev–Trinajstić information content (AvgIpc) is 2.62. The molecule has 0 saturated heterocycles. The Bertz CT molecular complexity index is 557. The van der Waals surface area contributed by atoms with Crippen molar-refractivity contribution >= 4 is 29.7 Å². The number of halogens is 4. The second-order valence-electron chi connectivity index (χ2n) is 3.70. The average molecular weight is 309 g/mol. The van der Waals surface area contributed by atoms with E-state index >= 15 is 0 Å². The Kier molecular flexibility index (Phi) is 4.80. The van der Waals surface area contributed by atoms with Crippen LogP contribution in [0.5, 0.6) is 0 Å². The molecule has 0 radical (unpaired) electrons. The van der Waals surface area contributed by atoms with Crippen LogP contribution in [0.25, 0.3) is 0 Å². The van der Waals surface area contributed by atoms with Crippen LogP contribution in [0.1, 0.15) is 35.3 Å². The lowest BCUT2D eigenvalue weighted by Crippen LogP contribution is -2.22. The van der Waals surface area contributed by atoms with E-state index in [0.29, 0.717) is 4.31 Å². The zero-order valence-electron chi connectivity index (χ0n) is 10.8. The van der Waals surface area contributed by atoms with Gasteiger partial charge in [0.2, 0.25) is 0 Å². The molecule has 0 atom stereocenters. The Morgan fingerprint density at radius 1 is 1.15 bits per heavy atom. The number of rotatable bonds is 1. The lowest BCUT2D eigenvalue weighted by molar-refractivity contribution is -0.137. The number of hydrogen-bond donors (Lipinski definition) is 0. The molecule has 1 heterocycles. The van der Waals surface area contributed by atoms with Crippen LogP contribution in [0.15, 0.2) is 12.1 Å². The normalized spacial score (nSPS) is 14.1. The van der Waals surface area contributed by atoms with E-state index in [9.17, 15) is 26.6 Å². The van der Waals surface area contributed by atoms with Gasteiger partial charge in [-0.25, -0.2) is 4.31 Å². The minimum absolute atomic E-state index is 0.183. The number of amides is 1. The Morgan fingerprint density at radius 3 is 2.15 bits per heavy atom. The third kappa shape index (κ3) is 2.65. The van der Waals surface area contributed by atoms with Crippen molar-refractivity contribution in [3.63, 3.8) is 0 Å². The molecule has 0 N–H and O–H groups in total. The number of fused-ring (bicyclic) bond motifs is 1. The summed E-state index contributed by atoms with van der Waals surface area (Å²) in [6.07, 6.45) is -4.77. The Labute approximate surface area is 117 Å². The summed E-state index contributed by atoms with van der Waals surface area (Å²) in [5, 5.41) is 0. The van der Waals surface area contributed by atoms with Crippen molar-refractivity contribution in [2.75, 3.05) is 4.31 Å². The number of Topliss-reactive ketones (excluding diaryl/α,β-unsaturated/α-hetero) is 1. The number of nitrogens with zero attached hydrogens (tertiary/aromatic N) is 1. The molecular weight excluding hydrogens is 298 g/mol. The molecule has 3 nitrogen and oxygen atoms in total. The molecule has 0 fully saturated rings. The van der Waals surface area contributed by atoms with Crippen molar-refractivity contribution in [1.82, 2.24) is 0 Å². The number of anilines is 1. The van der Waals surface area contributed by atoms with E-state index in [2.05, 4.69) is 0 Å². The Balaban J connectivity index is 0.000000956. The highest BCUT2D eigenvalue weighted by atomic mass is 32.2. The Morgan fingerprint density at radius 2 is 1.70 bits per heavy atom. The molecule has 1 aliphatic heterocycles. The molecule has 1 aromatic rings. The predicted octanol–water partition coefficient (Wildman–Crippen LogP) is 4.10. The summed E-state index contributed by atoms with van der Waals surface area (Å²) in [6.45, 7) is 5.36. The quantitative estimate of drug-likeness (QED) is 0.445. The second kappa shape index (κ2) is 5.82. The molecule has 0 saturated carbocycles. The SMILES string of the molecule is CC.Cc1cc2c(c(C(F)(F)F)c1)C(=O)C(=O)N2SF. The van der Waals surface area contributed by atoms with Crippen molar-refractivity contribution in [3.05, 3.63) is 28.8 Å². The van der Waals surface area contributed by atoms with Gasteiger partial charge in [0.25, 0.3) is 5.78 Å². The van der Waals surface area contributed by atoms with Gasteiger partial charge in [0.05, 0.1) is 16.8 Å². The van der Waals surface area contributed by atoms with E-state index in [1.54, 1.807) is 0 Å². The molecule has 2 rings (SSSR count). The molecule has 1 amide bonds. The van der Waals surface area contributed by atoms with Crippen LogP contribution in [-0.2, 0) is 11.0 Å². The lowest BCUT2D eigenvalue weighted by Gasteiger charge is -2.13. The first kappa shape index (κ1) is 16.5. The minimum atomic E-state index is -4.77. The molecular formula is C12H11F4NO2S. The predicted molar refractivity (Wildman–Crippen MR) is 68.0 cm³/mol. The summed E-state index contributed by atoms with van der Waals surface area (Å²) < 4.78 is 51.2. The van der Waals surface area contributed by atoms with E-state index < -0.39 is 41.3 Å². The van der Waals surface area contributed by atoms with E-state index in [0.717, 1.165) is 6.07 Å². The van der Waals surface area contributed by atoms with Crippen LogP contribution in [0.2, 0.25) is 0 Å². The van der Waals surface area contributed by atoms with Gasteiger partial charge >= 0.3 is 12.1 Å². The van der Waals surface area contributed by atoms with Gasteiger partial charge in [0.15, 0.2) is 12.3 Å². The molecule has 0 aliphatic carbocycles. The van der Waals surface area contributed by atoms with Crippen LogP contribution in [0.4, 0.5) is 22.7 Å². The fourth-order valence-electron chi connectivity index (χ4n) is 1.77. The topological polar surface area (TPSA) is 37.4 Å². The summed E-state index contributed by atoms with van der Waals surface area (Å²) >= 11 is -0.589. The minimum Gasteiger partial charge on any atom is -0.283 e. The number of benzene rings is 1. The first-order valence-corrected chi connectivity index (χ1v) is 6.34. The monoisotopic (exact) mass is 309 g/mol. The molecule has 0 spiro atoms. The van der Waals surface area contributed by atoms with Crippen LogP contribution < -0.4 is 4.31 Å². The van der Waals surface area contributed by atoms with Gasteiger partial charge in [-0.1, -0.05) is 13.8 Å². The summed E-state index contributed by atoms with van der Waals surface area (Å²) in [4.78, 5) is 22.8.